The zero-order valence-corrected chi connectivity index (χ0v) is 16.6. The molecule has 3 rings (SSSR count). The van der Waals surface area contributed by atoms with Crippen LogP contribution in [0.3, 0.4) is 0 Å². The summed E-state index contributed by atoms with van der Waals surface area (Å²) in [7, 11) is 3.85. The molecule has 1 aliphatic rings. The fourth-order valence-electron chi connectivity index (χ4n) is 3.01. The van der Waals surface area contributed by atoms with Crippen LogP contribution in [0.5, 0.6) is 0 Å². The molecule has 7 nitrogen and oxygen atoms in total. The Morgan fingerprint density at radius 1 is 1.10 bits per heavy atom. The summed E-state index contributed by atoms with van der Waals surface area (Å²) in [5.41, 5.74) is 3.23. The highest BCUT2D eigenvalue weighted by Gasteiger charge is 2.33. The molecule has 1 atom stereocenters. The molecular formula is C22H23N3O4. The number of hydrogen-bond donors (Lipinski definition) is 1. The minimum Gasteiger partial charge on any atom is -0.451 e. The molecule has 1 heterocycles. The van der Waals surface area contributed by atoms with E-state index in [4.69, 9.17) is 4.74 Å². The molecular weight excluding hydrogens is 370 g/mol. The highest BCUT2D eigenvalue weighted by molar-refractivity contribution is 6.10. The van der Waals surface area contributed by atoms with Gasteiger partial charge in [-0.3, -0.25) is 19.3 Å². The van der Waals surface area contributed by atoms with Crippen molar-refractivity contribution >= 4 is 34.9 Å². The highest BCUT2D eigenvalue weighted by Crippen LogP contribution is 2.30. The van der Waals surface area contributed by atoms with Gasteiger partial charge in [0.15, 0.2) is 6.10 Å². The van der Waals surface area contributed by atoms with E-state index in [0.29, 0.717) is 22.5 Å². The van der Waals surface area contributed by atoms with Crippen LogP contribution in [0.4, 0.5) is 11.4 Å². The predicted octanol–water partition coefficient (Wildman–Crippen LogP) is 2.75. The van der Waals surface area contributed by atoms with Crippen LogP contribution in [-0.2, 0) is 14.3 Å². The molecule has 2 aromatic carbocycles. The summed E-state index contributed by atoms with van der Waals surface area (Å²) in [6, 6.07) is 14.3. The monoisotopic (exact) mass is 393 g/mol. The van der Waals surface area contributed by atoms with E-state index in [1.165, 1.54) is 11.8 Å². The van der Waals surface area contributed by atoms with Crippen LogP contribution >= 0.6 is 0 Å². The van der Waals surface area contributed by atoms with Gasteiger partial charge in [-0.25, -0.2) is 0 Å². The second-order valence-electron chi connectivity index (χ2n) is 6.95. The van der Waals surface area contributed by atoms with Gasteiger partial charge in [-0.15, -0.1) is 0 Å². The van der Waals surface area contributed by atoms with Gasteiger partial charge in [-0.05, 0) is 37.3 Å². The normalized spacial score (nSPS) is 13.7. The van der Waals surface area contributed by atoms with Crippen molar-refractivity contribution in [1.29, 1.82) is 0 Å². The third-order valence-electron chi connectivity index (χ3n) is 4.66. The summed E-state index contributed by atoms with van der Waals surface area (Å²) < 4.78 is 5.21. The molecule has 0 saturated carbocycles. The average Bonchev–Trinajstić information content (AvgIpc) is 2.93. The lowest BCUT2D eigenvalue weighted by atomic mass is 10.1. The Morgan fingerprint density at radius 2 is 1.72 bits per heavy atom. The first-order valence-corrected chi connectivity index (χ1v) is 9.16. The number of rotatable bonds is 6. The maximum atomic E-state index is 12.5. The first-order chi connectivity index (χ1) is 13.8. The number of nitrogens with zero attached hydrogens (tertiary/aromatic N) is 2. The van der Waals surface area contributed by atoms with Crippen molar-refractivity contribution in [2.24, 2.45) is 0 Å². The second kappa shape index (κ2) is 8.18. The van der Waals surface area contributed by atoms with Crippen molar-refractivity contribution in [2.45, 2.75) is 13.0 Å². The molecule has 0 spiro atoms. The van der Waals surface area contributed by atoms with Crippen molar-refractivity contribution in [2.75, 3.05) is 30.9 Å². The van der Waals surface area contributed by atoms with Gasteiger partial charge in [0.05, 0.1) is 0 Å². The number of carbonyl (C=O) groups excluding carboxylic acids is 3. The molecule has 0 radical (unpaired) electrons. The summed E-state index contributed by atoms with van der Waals surface area (Å²) in [5, 5.41) is 2.71. The van der Waals surface area contributed by atoms with Crippen molar-refractivity contribution in [3.8, 4) is 0 Å². The van der Waals surface area contributed by atoms with Gasteiger partial charge in [0, 0.05) is 42.3 Å². The quantitative estimate of drug-likeness (QED) is 0.764. The number of fused-ring (bicyclic) bond motifs is 1. The van der Waals surface area contributed by atoms with Crippen LogP contribution < -0.4 is 10.2 Å². The van der Waals surface area contributed by atoms with Gasteiger partial charge in [-0.2, -0.15) is 0 Å². The molecule has 2 amide bonds. The van der Waals surface area contributed by atoms with E-state index < -0.39 is 18.0 Å². The van der Waals surface area contributed by atoms with Crippen LogP contribution in [0.15, 0.2) is 55.1 Å². The number of nitrogens with one attached hydrogen (secondary N) is 1. The Labute approximate surface area is 169 Å². The minimum atomic E-state index is -1.01. The van der Waals surface area contributed by atoms with Crippen LogP contribution in [0.25, 0.3) is 5.70 Å². The Balaban J connectivity index is 1.56. The van der Waals surface area contributed by atoms with E-state index >= 15 is 0 Å². The first kappa shape index (κ1) is 20.1. The van der Waals surface area contributed by atoms with Crippen molar-refractivity contribution in [3.05, 3.63) is 66.2 Å². The third-order valence-corrected chi connectivity index (χ3v) is 4.66. The number of carbonyl (C=O) groups is 3. The van der Waals surface area contributed by atoms with Crippen LogP contribution in [0.1, 0.15) is 22.8 Å². The van der Waals surface area contributed by atoms with Gasteiger partial charge < -0.3 is 15.0 Å². The van der Waals surface area contributed by atoms with Crippen molar-refractivity contribution in [1.82, 2.24) is 4.90 Å². The SMILES string of the molecule is C=C1c2ccccc2C(=O)N1CC(=O)OC(C)C(=O)Nc1ccc(N(C)C)cc1. The maximum absolute atomic E-state index is 12.5. The lowest BCUT2D eigenvalue weighted by Gasteiger charge is -2.19. The van der Waals surface area contributed by atoms with Crippen LogP contribution in [0.2, 0.25) is 0 Å². The third kappa shape index (κ3) is 4.29. The van der Waals surface area contributed by atoms with Crippen molar-refractivity contribution in [3.63, 3.8) is 0 Å². The number of ether oxygens (including phenoxy) is 1. The minimum absolute atomic E-state index is 0.304. The smallest absolute Gasteiger partial charge is 0.326 e. The van der Waals surface area contributed by atoms with E-state index in [2.05, 4.69) is 11.9 Å². The predicted molar refractivity (Wildman–Crippen MR) is 111 cm³/mol. The van der Waals surface area contributed by atoms with Crippen LogP contribution in [0, 0.1) is 0 Å². The fraction of sp³-hybridized carbons (Fsp3) is 0.227. The number of benzene rings is 2. The van der Waals surface area contributed by atoms with Gasteiger partial charge in [-0.1, -0.05) is 24.8 Å². The number of amides is 2. The first-order valence-electron chi connectivity index (χ1n) is 9.16. The molecule has 2 aromatic rings. The van der Waals surface area contributed by atoms with E-state index in [1.54, 1.807) is 36.4 Å². The average molecular weight is 393 g/mol. The lowest BCUT2D eigenvalue weighted by molar-refractivity contribution is -0.153. The summed E-state index contributed by atoms with van der Waals surface area (Å²) in [5.74, 6) is -1.44. The molecule has 1 aliphatic heterocycles. The topological polar surface area (TPSA) is 78.9 Å². The molecule has 1 unspecified atom stereocenters. The highest BCUT2D eigenvalue weighted by atomic mass is 16.5. The standard InChI is InChI=1S/C22H23N3O4/c1-14-18-7-5-6-8-19(18)22(28)25(14)13-20(26)29-15(2)21(27)23-16-9-11-17(12-10-16)24(3)4/h5-12,15H,1,13H2,2-4H3,(H,23,27). The molecule has 150 valence electrons. The van der Waals surface area contributed by atoms with E-state index in [-0.39, 0.29) is 12.5 Å². The molecule has 0 fully saturated rings. The molecule has 7 heteroatoms. The second-order valence-corrected chi connectivity index (χ2v) is 6.95. The Kier molecular flexibility index (Phi) is 5.68. The zero-order valence-electron chi connectivity index (χ0n) is 16.6. The van der Waals surface area contributed by atoms with E-state index in [1.807, 2.05) is 31.1 Å². The van der Waals surface area contributed by atoms with E-state index in [0.717, 1.165) is 5.69 Å². The van der Waals surface area contributed by atoms with Gasteiger partial charge >= 0.3 is 5.97 Å². The summed E-state index contributed by atoms with van der Waals surface area (Å²) >= 11 is 0. The van der Waals surface area contributed by atoms with Gasteiger partial charge in [0.2, 0.25) is 0 Å². The molecule has 29 heavy (non-hydrogen) atoms. The molecule has 1 N–H and O–H groups in total. The maximum Gasteiger partial charge on any atom is 0.326 e. The van der Waals surface area contributed by atoms with Crippen molar-refractivity contribution < 1.29 is 19.1 Å². The lowest BCUT2D eigenvalue weighted by Crippen LogP contribution is -2.35. The van der Waals surface area contributed by atoms with Gasteiger partial charge in [0.25, 0.3) is 11.8 Å². The molecule has 0 aliphatic carbocycles. The fourth-order valence-corrected chi connectivity index (χ4v) is 3.01. The summed E-state index contributed by atoms with van der Waals surface area (Å²) in [6.07, 6.45) is -1.01. The number of esters is 1. The largest absolute Gasteiger partial charge is 0.451 e. The molecule has 0 aromatic heterocycles. The number of anilines is 2. The summed E-state index contributed by atoms with van der Waals surface area (Å²) in [4.78, 5) is 40.3. The summed E-state index contributed by atoms with van der Waals surface area (Å²) in [6.45, 7) is 5.06. The molecule has 0 bridgehead atoms. The Morgan fingerprint density at radius 3 is 2.31 bits per heavy atom. The zero-order chi connectivity index (χ0) is 21.1. The van der Waals surface area contributed by atoms with E-state index in [9.17, 15) is 14.4 Å². The van der Waals surface area contributed by atoms with Gasteiger partial charge in [0.1, 0.15) is 6.54 Å². The number of hydrogen-bond acceptors (Lipinski definition) is 5. The van der Waals surface area contributed by atoms with Crippen LogP contribution in [-0.4, -0.2) is 49.4 Å². The Bertz CT molecular complexity index is 931. The Hall–Kier alpha value is -3.61. The molecule has 0 saturated heterocycles.